The summed E-state index contributed by atoms with van der Waals surface area (Å²) in [5, 5.41) is 4.28. The molecule has 104 valence electrons. The van der Waals surface area contributed by atoms with Crippen molar-refractivity contribution >= 4 is 17.3 Å². The molecule has 0 fully saturated rings. The molecule has 1 atom stereocenters. The summed E-state index contributed by atoms with van der Waals surface area (Å²) in [6.45, 7) is 4.91. The first-order chi connectivity index (χ1) is 9.74. The second kappa shape index (κ2) is 5.81. The van der Waals surface area contributed by atoms with Gasteiger partial charge in [-0.15, -0.1) is 0 Å². The highest BCUT2D eigenvalue weighted by Crippen LogP contribution is 2.26. The predicted octanol–water partition coefficient (Wildman–Crippen LogP) is 3.23. The summed E-state index contributed by atoms with van der Waals surface area (Å²) in [6.07, 6.45) is 3.51. The fraction of sp³-hybridized carbons (Fsp3) is 0.312. The summed E-state index contributed by atoms with van der Waals surface area (Å²) in [5.74, 6) is 0. The van der Waals surface area contributed by atoms with Gasteiger partial charge >= 0.3 is 0 Å². The van der Waals surface area contributed by atoms with Crippen LogP contribution < -0.4 is 10.2 Å². The average molecular weight is 288 g/mol. The van der Waals surface area contributed by atoms with Crippen molar-refractivity contribution in [3.63, 3.8) is 0 Å². The van der Waals surface area contributed by atoms with Crippen molar-refractivity contribution in [3.05, 3.63) is 58.9 Å². The summed E-state index contributed by atoms with van der Waals surface area (Å²) in [7, 11) is 0. The number of nitrogens with one attached hydrogen (secondary N) is 1. The van der Waals surface area contributed by atoms with E-state index in [1.54, 1.807) is 12.4 Å². The Morgan fingerprint density at radius 1 is 1.35 bits per heavy atom. The number of aromatic nitrogens is 1. The zero-order valence-electron chi connectivity index (χ0n) is 11.5. The molecule has 0 aliphatic carbocycles. The highest BCUT2D eigenvalue weighted by molar-refractivity contribution is 6.31. The fourth-order valence-electron chi connectivity index (χ4n) is 2.63. The number of halogens is 1. The van der Waals surface area contributed by atoms with Gasteiger partial charge in [-0.1, -0.05) is 29.8 Å². The van der Waals surface area contributed by atoms with E-state index in [-0.39, 0.29) is 0 Å². The van der Waals surface area contributed by atoms with Gasteiger partial charge in [-0.3, -0.25) is 4.98 Å². The van der Waals surface area contributed by atoms with Gasteiger partial charge in [0.1, 0.15) is 0 Å². The van der Waals surface area contributed by atoms with E-state index in [0.717, 1.165) is 30.2 Å². The van der Waals surface area contributed by atoms with Gasteiger partial charge in [-0.2, -0.15) is 0 Å². The quantitative estimate of drug-likeness (QED) is 0.919. The number of benzene rings is 1. The number of rotatable bonds is 2. The second-order valence-corrected chi connectivity index (χ2v) is 5.67. The lowest BCUT2D eigenvalue weighted by Gasteiger charge is -2.27. The lowest BCUT2D eigenvalue weighted by molar-refractivity contribution is 0.552. The molecule has 1 aromatic heterocycles. The molecule has 1 unspecified atom stereocenters. The SMILES string of the molecule is CC1CN(Cc2ccncc2Cl)c2ccccc2CN1. The Morgan fingerprint density at radius 2 is 2.20 bits per heavy atom. The van der Waals surface area contributed by atoms with E-state index in [9.17, 15) is 0 Å². The Morgan fingerprint density at radius 3 is 3.05 bits per heavy atom. The Bertz CT molecular complexity index is 600. The van der Waals surface area contributed by atoms with E-state index >= 15 is 0 Å². The number of anilines is 1. The van der Waals surface area contributed by atoms with E-state index in [1.165, 1.54) is 11.3 Å². The molecule has 0 saturated carbocycles. The van der Waals surface area contributed by atoms with Crippen molar-refractivity contribution in [2.24, 2.45) is 0 Å². The first-order valence-electron chi connectivity index (χ1n) is 6.88. The zero-order valence-corrected chi connectivity index (χ0v) is 12.3. The van der Waals surface area contributed by atoms with Gasteiger partial charge in [0, 0.05) is 43.8 Å². The zero-order chi connectivity index (χ0) is 13.9. The van der Waals surface area contributed by atoms with Crippen molar-refractivity contribution in [1.29, 1.82) is 0 Å². The summed E-state index contributed by atoms with van der Waals surface area (Å²) in [5.41, 5.74) is 3.74. The van der Waals surface area contributed by atoms with Crippen LogP contribution in [0, 0.1) is 0 Å². The van der Waals surface area contributed by atoms with E-state index in [2.05, 4.69) is 46.4 Å². The molecule has 2 aromatic rings. The van der Waals surface area contributed by atoms with Gasteiger partial charge in [0.25, 0.3) is 0 Å². The van der Waals surface area contributed by atoms with Crippen LogP contribution in [-0.2, 0) is 13.1 Å². The van der Waals surface area contributed by atoms with E-state index in [1.807, 2.05) is 6.07 Å². The molecule has 0 spiro atoms. The summed E-state index contributed by atoms with van der Waals surface area (Å²) < 4.78 is 0. The smallest absolute Gasteiger partial charge is 0.0639 e. The van der Waals surface area contributed by atoms with Gasteiger partial charge in [0.05, 0.1) is 5.02 Å². The lowest BCUT2D eigenvalue weighted by Crippen LogP contribution is -2.35. The maximum Gasteiger partial charge on any atom is 0.0639 e. The standard InChI is InChI=1S/C16H18ClN3/c1-12-10-20(11-14-6-7-18-9-15(14)17)16-5-3-2-4-13(16)8-19-12/h2-7,9,12,19H,8,10-11H2,1H3. The van der Waals surface area contributed by atoms with E-state index in [0.29, 0.717) is 6.04 Å². The molecule has 1 aliphatic heterocycles. The number of hydrogen-bond acceptors (Lipinski definition) is 3. The third kappa shape index (κ3) is 2.79. The van der Waals surface area contributed by atoms with E-state index in [4.69, 9.17) is 11.6 Å². The van der Waals surface area contributed by atoms with Crippen molar-refractivity contribution in [2.45, 2.75) is 26.1 Å². The van der Waals surface area contributed by atoms with Crippen LogP contribution in [0.2, 0.25) is 5.02 Å². The molecule has 1 aliphatic rings. The van der Waals surface area contributed by atoms with Crippen molar-refractivity contribution in [2.75, 3.05) is 11.4 Å². The largest absolute Gasteiger partial charge is 0.365 e. The number of pyridine rings is 1. The molecule has 0 amide bonds. The first-order valence-corrected chi connectivity index (χ1v) is 7.26. The fourth-order valence-corrected chi connectivity index (χ4v) is 2.81. The number of para-hydroxylation sites is 1. The molecule has 3 rings (SSSR count). The molecular weight excluding hydrogens is 270 g/mol. The Balaban J connectivity index is 1.93. The monoisotopic (exact) mass is 287 g/mol. The minimum Gasteiger partial charge on any atom is -0.365 e. The minimum absolute atomic E-state index is 0.447. The highest BCUT2D eigenvalue weighted by Gasteiger charge is 2.19. The molecule has 1 aromatic carbocycles. The van der Waals surface area contributed by atoms with Crippen molar-refractivity contribution in [3.8, 4) is 0 Å². The maximum absolute atomic E-state index is 6.24. The van der Waals surface area contributed by atoms with E-state index < -0.39 is 0 Å². The average Bonchev–Trinajstić information content (AvgIpc) is 2.62. The van der Waals surface area contributed by atoms with Crippen LogP contribution in [-0.4, -0.2) is 17.6 Å². The van der Waals surface area contributed by atoms with Gasteiger partial charge in [-0.05, 0) is 30.2 Å². The molecule has 2 heterocycles. The first kappa shape index (κ1) is 13.4. The molecule has 3 nitrogen and oxygen atoms in total. The van der Waals surface area contributed by atoms with Crippen LogP contribution in [0.25, 0.3) is 0 Å². The minimum atomic E-state index is 0.447. The predicted molar refractivity (Wildman–Crippen MR) is 83.0 cm³/mol. The van der Waals surface area contributed by atoms with Gasteiger partial charge in [0.15, 0.2) is 0 Å². The lowest BCUT2D eigenvalue weighted by atomic mass is 10.1. The highest BCUT2D eigenvalue weighted by atomic mass is 35.5. The number of hydrogen-bond donors (Lipinski definition) is 1. The molecule has 0 saturated heterocycles. The number of nitrogens with zero attached hydrogens (tertiary/aromatic N) is 2. The Kier molecular flexibility index (Phi) is 3.90. The molecular formula is C16H18ClN3. The normalized spacial score (nSPS) is 18.5. The Labute approximate surface area is 124 Å². The number of fused-ring (bicyclic) bond motifs is 1. The molecule has 20 heavy (non-hydrogen) atoms. The second-order valence-electron chi connectivity index (χ2n) is 5.26. The maximum atomic E-state index is 6.24. The van der Waals surface area contributed by atoms with Crippen LogP contribution in [0.15, 0.2) is 42.7 Å². The van der Waals surface area contributed by atoms with Crippen LogP contribution >= 0.6 is 11.6 Å². The van der Waals surface area contributed by atoms with Gasteiger partial charge < -0.3 is 10.2 Å². The molecule has 1 N–H and O–H groups in total. The van der Waals surface area contributed by atoms with Crippen molar-refractivity contribution < 1.29 is 0 Å². The summed E-state index contributed by atoms with van der Waals surface area (Å²) in [4.78, 5) is 6.44. The molecule has 0 radical (unpaired) electrons. The van der Waals surface area contributed by atoms with Crippen molar-refractivity contribution in [1.82, 2.24) is 10.3 Å². The summed E-state index contributed by atoms with van der Waals surface area (Å²) in [6, 6.07) is 11.0. The molecule has 4 heteroatoms. The third-order valence-electron chi connectivity index (χ3n) is 3.69. The topological polar surface area (TPSA) is 28.2 Å². The Hall–Kier alpha value is -1.58. The van der Waals surface area contributed by atoms with Gasteiger partial charge in [0.2, 0.25) is 0 Å². The summed E-state index contributed by atoms with van der Waals surface area (Å²) >= 11 is 6.24. The van der Waals surface area contributed by atoms with Gasteiger partial charge in [-0.25, -0.2) is 0 Å². The van der Waals surface area contributed by atoms with Crippen LogP contribution in [0.5, 0.6) is 0 Å². The molecule has 0 bridgehead atoms. The third-order valence-corrected chi connectivity index (χ3v) is 4.03. The van der Waals surface area contributed by atoms with Crippen LogP contribution in [0.3, 0.4) is 0 Å². The van der Waals surface area contributed by atoms with Crippen LogP contribution in [0.1, 0.15) is 18.1 Å². The van der Waals surface area contributed by atoms with Crippen LogP contribution in [0.4, 0.5) is 5.69 Å².